The van der Waals surface area contributed by atoms with E-state index in [2.05, 4.69) is 16.7 Å². The molecule has 2 amide bonds. The number of amides is 2. The van der Waals surface area contributed by atoms with E-state index < -0.39 is 0 Å². The van der Waals surface area contributed by atoms with E-state index in [9.17, 15) is 4.79 Å². The molecule has 2 heterocycles. The average molecular weight is 356 g/mol. The van der Waals surface area contributed by atoms with Crippen molar-refractivity contribution in [3.63, 3.8) is 0 Å². The van der Waals surface area contributed by atoms with Crippen molar-refractivity contribution in [2.75, 3.05) is 10.6 Å². The van der Waals surface area contributed by atoms with E-state index in [-0.39, 0.29) is 6.03 Å². The number of hydrogen-bond acceptors (Lipinski definition) is 2. The normalized spacial score (nSPS) is 10.7. The van der Waals surface area contributed by atoms with Crippen molar-refractivity contribution in [2.24, 2.45) is 0 Å². The Morgan fingerprint density at radius 3 is 2.33 bits per heavy atom. The Bertz CT molecular complexity index is 1100. The molecule has 0 saturated heterocycles. The topological polar surface area (TPSA) is 58.4 Å². The minimum absolute atomic E-state index is 0.303. The van der Waals surface area contributed by atoms with E-state index in [1.54, 1.807) is 0 Å². The van der Waals surface area contributed by atoms with Crippen LogP contribution in [0.2, 0.25) is 0 Å². The van der Waals surface area contributed by atoms with Crippen LogP contribution in [0.5, 0.6) is 0 Å². The van der Waals surface area contributed by atoms with Gasteiger partial charge >= 0.3 is 6.03 Å². The van der Waals surface area contributed by atoms with Crippen LogP contribution in [0.4, 0.5) is 16.3 Å². The Morgan fingerprint density at radius 1 is 0.889 bits per heavy atom. The summed E-state index contributed by atoms with van der Waals surface area (Å²) in [6.07, 6.45) is 1.89. The molecule has 4 rings (SSSR count). The molecule has 134 valence electrons. The first-order valence-corrected chi connectivity index (χ1v) is 8.79. The van der Waals surface area contributed by atoms with E-state index >= 15 is 0 Å². The lowest BCUT2D eigenvalue weighted by Crippen LogP contribution is -2.21. The minimum atomic E-state index is -0.303. The predicted molar refractivity (Wildman–Crippen MR) is 109 cm³/mol. The maximum absolute atomic E-state index is 12.7. The Morgan fingerprint density at radius 2 is 1.59 bits per heavy atom. The summed E-state index contributed by atoms with van der Waals surface area (Å²) in [7, 11) is 0. The van der Waals surface area contributed by atoms with Gasteiger partial charge in [0.05, 0.1) is 0 Å². The van der Waals surface area contributed by atoms with Crippen LogP contribution in [0.3, 0.4) is 0 Å². The fraction of sp³-hybridized carbons (Fsp3) is 0.0909. The van der Waals surface area contributed by atoms with Gasteiger partial charge in [-0.2, -0.15) is 0 Å². The van der Waals surface area contributed by atoms with Gasteiger partial charge in [-0.1, -0.05) is 42.5 Å². The standard InChI is InChI=1S/C22H20N4O/c1-15-12-16(2)14-18(13-15)23-22(27)25-21-20(17-8-4-3-5-9-17)24-19-10-6-7-11-26(19)21/h3-14H,1-2H3,(H2,23,25,27). The second-order valence-electron chi connectivity index (χ2n) is 6.56. The lowest BCUT2D eigenvalue weighted by Gasteiger charge is -2.10. The highest BCUT2D eigenvalue weighted by molar-refractivity contribution is 6.01. The third-order valence-electron chi connectivity index (χ3n) is 4.29. The van der Waals surface area contributed by atoms with Crippen LogP contribution in [0.15, 0.2) is 72.9 Å². The highest BCUT2D eigenvalue weighted by atomic mass is 16.2. The van der Waals surface area contributed by atoms with Crippen LogP contribution in [-0.2, 0) is 0 Å². The maximum atomic E-state index is 12.7. The summed E-state index contributed by atoms with van der Waals surface area (Å²) < 4.78 is 1.88. The fourth-order valence-electron chi connectivity index (χ4n) is 3.23. The summed E-state index contributed by atoms with van der Waals surface area (Å²) in [6.45, 7) is 4.02. The molecule has 2 N–H and O–H groups in total. The smallest absolute Gasteiger partial charge is 0.308 e. The Kier molecular flexibility index (Phi) is 4.34. The zero-order valence-electron chi connectivity index (χ0n) is 15.2. The number of rotatable bonds is 3. The number of imidazole rings is 1. The van der Waals surface area contributed by atoms with Gasteiger partial charge in [-0.25, -0.2) is 9.78 Å². The van der Waals surface area contributed by atoms with Crippen molar-refractivity contribution in [1.82, 2.24) is 9.38 Å². The Hall–Kier alpha value is -3.60. The number of carbonyl (C=O) groups excluding carboxylic acids is 1. The summed E-state index contributed by atoms with van der Waals surface area (Å²) in [5, 5.41) is 5.88. The van der Waals surface area contributed by atoms with Crippen LogP contribution in [0.25, 0.3) is 16.9 Å². The number of nitrogens with zero attached hydrogens (tertiary/aromatic N) is 2. The summed E-state index contributed by atoms with van der Waals surface area (Å²) in [5.74, 6) is 0.638. The number of pyridine rings is 1. The van der Waals surface area contributed by atoms with Crippen molar-refractivity contribution in [3.05, 3.63) is 84.1 Å². The largest absolute Gasteiger partial charge is 0.324 e. The molecule has 5 nitrogen and oxygen atoms in total. The third-order valence-corrected chi connectivity index (χ3v) is 4.29. The molecule has 2 aromatic heterocycles. The molecule has 0 radical (unpaired) electrons. The van der Waals surface area contributed by atoms with Crippen LogP contribution < -0.4 is 10.6 Å². The van der Waals surface area contributed by atoms with Crippen LogP contribution in [0.1, 0.15) is 11.1 Å². The molecule has 0 bridgehead atoms. The van der Waals surface area contributed by atoms with Crippen molar-refractivity contribution < 1.29 is 4.79 Å². The second-order valence-corrected chi connectivity index (χ2v) is 6.56. The Balaban J connectivity index is 1.69. The molecule has 0 spiro atoms. The molecule has 0 aliphatic heterocycles. The quantitative estimate of drug-likeness (QED) is 0.526. The predicted octanol–water partition coefficient (Wildman–Crippen LogP) is 5.26. The fourth-order valence-corrected chi connectivity index (χ4v) is 3.23. The van der Waals surface area contributed by atoms with Gasteiger partial charge in [0.2, 0.25) is 0 Å². The molecule has 0 saturated carbocycles. The van der Waals surface area contributed by atoms with Crippen molar-refractivity contribution >= 4 is 23.2 Å². The minimum Gasteiger partial charge on any atom is -0.308 e. The van der Waals surface area contributed by atoms with E-state index in [1.807, 2.05) is 85.1 Å². The molecule has 0 atom stereocenters. The molecule has 5 heteroatoms. The van der Waals surface area contributed by atoms with Crippen molar-refractivity contribution in [1.29, 1.82) is 0 Å². The molecule has 27 heavy (non-hydrogen) atoms. The molecule has 0 fully saturated rings. The van der Waals surface area contributed by atoms with Crippen LogP contribution >= 0.6 is 0 Å². The maximum Gasteiger partial charge on any atom is 0.324 e. The zero-order chi connectivity index (χ0) is 18.8. The number of nitrogens with one attached hydrogen (secondary N) is 2. The highest BCUT2D eigenvalue weighted by Crippen LogP contribution is 2.28. The van der Waals surface area contributed by atoms with E-state index in [0.717, 1.165) is 33.7 Å². The van der Waals surface area contributed by atoms with Gasteiger partial charge in [-0.15, -0.1) is 0 Å². The monoisotopic (exact) mass is 356 g/mol. The van der Waals surface area contributed by atoms with E-state index in [4.69, 9.17) is 4.98 Å². The first-order chi connectivity index (χ1) is 13.1. The third kappa shape index (κ3) is 3.53. The van der Waals surface area contributed by atoms with Gasteiger partial charge in [0.25, 0.3) is 0 Å². The Labute approximate surface area is 157 Å². The van der Waals surface area contributed by atoms with E-state index in [0.29, 0.717) is 5.82 Å². The number of hydrogen-bond donors (Lipinski definition) is 2. The number of fused-ring (bicyclic) bond motifs is 1. The van der Waals surface area contributed by atoms with Crippen LogP contribution in [-0.4, -0.2) is 15.4 Å². The van der Waals surface area contributed by atoms with Crippen LogP contribution in [0, 0.1) is 13.8 Å². The van der Waals surface area contributed by atoms with Gasteiger partial charge in [0.1, 0.15) is 17.2 Å². The number of aromatic nitrogens is 2. The van der Waals surface area contributed by atoms with Gasteiger partial charge < -0.3 is 5.32 Å². The van der Waals surface area contributed by atoms with E-state index in [1.165, 1.54) is 0 Å². The molecule has 2 aromatic carbocycles. The molecule has 0 aliphatic carbocycles. The lowest BCUT2D eigenvalue weighted by molar-refractivity contribution is 0.262. The van der Waals surface area contributed by atoms with Gasteiger partial charge in [-0.05, 0) is 49.2 Å². The zero-order valence-corrected chi connectivity index (χ0v) is 15.2. The first-order valence-electron chi connectivity index (χ1n) is 8.79. The number of aryl methyl sites for hydroxylation is 2. The molecular formula is C22H20N4O. The average Bonchev–Trinajstić information content (AvgIpc) is 3.00. The lowest BCUT2D eigenvalue weighted by atomic mass is 10.1. The number of carbonyl (C=O) groups is 1. The van der Waals surface area contributed by atoms with Crippen molar-refractivity contribution in [2.45, 2.75) is 13.8 Å². The van der Waals surface area contributed by atoms with Gasteiger partial charge in [-0.3, -0.25) is 9.72 Å². The number of anilines is 2. The summed E-state index contributed by atoms with van der Waals surface area (Å²) >= 11 is 0. The summed E-state index contributed by atoms with van der Waals surface area (Å²) in [5.41, 5.74) is 5.42. The first kappa shape index (κ1) is 16.8. The molecular weight excluding hydrogens is 336 g/mol. The summed E-state index contributed by atoms with van der Waals surface area (Å²) in [6, 6.07) is 21.2. The number of benzene rings is 2. The molecule has 0 aliphatic rings. The van der Waals surface area contributed by atoms with Gasteiger partial charge in [0, 0.05) is 17.4 Å². The second kappa shape index (κ2) is 6.96. The van der Waals surface area contributed by atoms with Crippen molar-refractivity contribution in [3.8, 4) is 11.3 Å². The SMILES string of the molecule is Cc1cc(C)cc(NC(=O)Nc2c(-c3ccccc3)nc3ccccn23)c1. The number of urea groups is 1. The molecule has 4 aromatic rings. The molecule has 0 unspecified atom stereocenters. The van der Waals surface area contributed by atoms with Gasteiger partial charge in [0.15, 0.2) is 0 Å². The highest BCUT2D eigenvalue weighted by Gasteiger charge is 2.16. The summed E-state index contributed by atoms with van der Waals surface area (Å²) in [4.78, 5) is 17.4.